The molecule has 30 heavy (non-hydrogen) atoms. The molecule has 6 nitrogen and oxygen atoms in total. The third-order valence-corrected chi connectivity index (χ3v) is 5.95. The smallest absolute Gasteiger partial charge is 0.306 e. The van der Waals surface area contributed by atoms with Crippen molar-refractivity contribution in [3.8, 4) is 22.6 Å². The van der Waals surface area contributed by atoms with Gasteiger partial charge >= 0.3 is 5.97 Å². The van der Waals surface area contributed by atoms with Gasteiger partial charge in [-0.3, -0.25) is 9.59 Å². The van der Waals surface area contributed by atoms with E-state index in [1.165, 1.54) is 49.0 Å². The molecule has 0 aliphatic carbocycles. The first-order valence-corrected chi connectivity index (χ1v) is 10.0. The third-order valence-electron chi connectivity index (χ3n) is 4.97. The molecule has 4 aromatic rings. The van der Waals surface area contributed by atoms with E-state index in [1.807, 2.05) is 17.5 Å². The van der Waals surface area contributed by atoms with Gasteiger partial charge in [0.2, 0.25) is 5.43 Å². The first-order chi connectivity index (χ1) is 14.5. The summed E-state index contributed by atoms with van der Waals surface area (Å²) in [5.74, 6) is -0.931. The number of hydrogen-bond acceptors (Lipinski definition) is 7. The molecular weight excluding hydrogens is 404 g/mol. The molecule has 0 aliphatic heterocycles. The van der Waals surface area contributed by atoms with E-state index >= 15 is 0 Å². The van der Waals surface area contributed by atoms with E-state index in [4.69, 9.17) is 9.15 Å². The molecule has 4 rings (SSSR count). The highest BCUT2D eigenvalue weighted by molar-refractivity contribution is 7.10. The van der Waals surface area contributed by atoms with Crippen molar-refractivity contribution < 1.29 is 24.2 Å². The fourth-order valence-electron chi connectivity index (χ4n) is 3.47. The Labute approximate surface area is 175 Å². The summed E-state index contributed by atoms with van der Waals surface area (Å²) in [6.45, 7) is 0. The first-order valence-electron chi connectivity index (χ1n) is 9.16. The number of aromatic hydroxyl groups is 2. The van der Waals surface area contributed by atoms with Crippen LogP contribution in [0.1, 0.15) is 22.8 Å². The Morgan fingerprint density at radius 1 is 1.13 bits per heavy atom. The van der Waals surface area contributed by atoms with Crippen molar-refractivity contribution in [1.29, 1.82) is 0 Å². The van der Waals surface area contributed by atoms with Crippen molar-refractivity contribution in [1.82, 2.24) is 0 Å². The molecule has 2 aromatic carbocycles. The van der Waals surface area contributed by atoms with Crippen LogP contribution in [0.25, 0.3) is 22.1 Å². The second-order valence-corrected chi connectivity index (χ2v) is 7.73. The number of carbonyl (C=O) groups excluding carboxylic acids is 1. The van der Waals surface area contributed by atoms with E-state index in [2.05, 4.69) is 0 Å². The van der Waals surface area contributed by atoms with Crippen molar-refractivity contribution in [3.63, 3.8) is 0 Å². The van der Waals surface area contributed by atoms with Crippen molar-refractivity contribution in [3.05, 3.63) is 80.8 Å². The van der Waals surface area contributed by atoms with Gasteiger partial charge in [0.25, 0.3) is 0 Å². The van der Waals surface area contributed by atoms with Gasteiger partial charge in [0, 0.05) is 16.4 Å². The van der Waals surface area contributed by atoms with E-state index in [0.717, 1.165) is 4.88 Å². The van der Waals surface area contributed by atoms with E-state index in [-0.39, 0.29) is 28.9 Å². The van der Waals surface area contributed by atoms with Crippen LogP contribution in [-0.4, -0.2) is 23.3 Å². The molecule has 0 fully saturated rings. The molecule has 0 bridgehead atoms. The molecular formula is C23H18O6S. The van der Waals surface area contributed by atoms with Crippen LogP contribution in [0.2, 0.25) is 0 Å². The second-order valence-electron chi connectivity index (χ2n) is 6.75. The van der Waals surface area contributed by atoms with Crippen LogP contribution in [-0.2, 0) is 9.53 Å². The number of hydrogen-bond donors (Lipinski definition) is 2. The van der Waals surface area contributed by atoms with Crippen LogP contribution in [0.3, 0.4) is 0 Å². The summed E-state index contributed by atoms with van der Waals surface area (Å²) < 4.78 is 10.7. The van der Waals surface area contributed by atoms with Crippen molar-refractivity contribution >= 4 is 28.3 Å². The Balaban J connectivity index is 1.92. The highest BCUT2D eigenvalue weighted by Crippen LogP contribution is 2.40. The van der Waals surface area contributed by atoms with Gasteiger partial charge in [0.05, 0.1) is 24.5 Å². The highest BCUT2D eigenvalue weighted by Gasteiger charge is 2.27. The van der Waals surface area contributed by atoms with Gasteiger partial charge in [-0.2, -0.15) is 0 Å². The van der Waals surface area contributed by atoms with Gasteiger partial charge in [-0.1, -0.05) is 18.2 Å². The average Bonchev–Trinajstić information content (AvgIpc) is 3.28. The molecule has 1 atom stereocenters. The van der Waals surface area contributed by atoms with Crippen LogP contribution < -0.4 is 5.43 Å². The number of benzene rings is 2. The predicted molar refractivity (Wildman–Crippen MR) is 114 cm³/mol. The zero-order chi connectivity index (χ0) is 21.3. The molecule has 0 saturated heterocycles. The van der Waals surface area contributed by atoms with Gasteiger partial charge in [-0.15, -0.1) is 11.3 Å². The number of methoxy groups -OCH3 is 1. The lowest BCUT2D eigenvalue weighted by atomic mass is 9.91. The summed E-state index contributed by atoms with van der Waals surface area (Å²) in [6.07, 6.45) is 1.33. The largest absolute Gasteiger partial charge is 0.508 e. The summed E-state index contributed by atoms with van der Waals surface area (Å²) in [4.78, 5) is 26.1. The average molecular weight is 422 g/mol. The molecule has 1 unspecified atom stereocenters. The molecule has 2 heterocycles. The Kier molecular flexibility index (Phi) is 5.29. The maximum atomic E-state index is 13.2. The Morgan fingerprint density at radius 3 is 2.57 bits per heavy atom. The van der Waals surface area contributed by atoms with Crippen molar-refractivity contribution in [2.75, 3.05) is 7.11 Å². The van der Waals surface area contributed by atoms with Gasteiger partial charge in [0.1, 0.15) is 23.3 Å². The Hall–Kier alpha value is -3.58. The summed E-state index contributed by atoms with van der Waals surface area (Å²) >= 11 is 1.44. The van der Waals surface area contributed by atoms with Gasteiger partial charge in [-0.05, 0) is 41.3 Å². The topological polar surface area (TPSA) is 97.0 Å². The predicted octanol–water partition coefficient (Wildman–Crippen LogP) is 4.63. The first kappa shape index (κ1) is 19.7. The lowest BCUT2D eigenvalue weighted by Gasteiger charge is -2.18. The van der Waals surface area contributed by atoms with Crippen LogP contribution >= 0.6 is 11.3 Å². The molecule has 0 spiro atoms. The van der Waals surface area contributed by atoms with Gasteiger partial charge in [0.15, 0.2) is 0 Å². The van der Waals surface area contributed by atoms with E-state index < -0.39 is 11.9 Å². The summed E-state index contributed by atoms with van der Waals surface area (Å²) in [5.41, 5.74) is 1.26. The number of phenols is 2. The molecule has 2 N–H and O–H groups in total. The molecule has 7 heteroatoms. The summed E-state index contributed by atoms with van der Waals surface area (Å²) in [7, 11) is 1.31. The van der Waals surface area contributed by atoms with Crippen LogP contribution in [0.15, 0.2) is 69.4 Å². The molecule has 0 radical (unpaired) electrons. The number of fused-ring (bicyclic) bond motifs is 1. The molecule has 0 aliphatic rings. The molecule has 0 amide bonds. The Morgan fingerprint density at radius 2 is 1.90 bits per heavy atom. The SMILES string of the molecule is COC(=O)CC(c1cccs1)c1c(O)ccc2c(=O)c(-c3ccc(O)cc3)coc12. The molecule has 152 valence electrons. The zero-order valence-electron chi connectivity index (χ0n) is 16.0. The maximum absolute atomic E-state index is 13.2. The van der Waals surface area contributed by atoms with Crippen LogP contribution in [0, 0.1) is 0 Å². The summed E-state index contributed by atoms with van der Waals surface area (Å²) in [6, 6.07) is 12.9. The fourth-order valence-corrected chi connectivity index (χ4v) is 4.31. The van der Waals surface area contributed by atoms with Gasteiger partial charge in [-0.25, -0.2) is 0 Å². The monoisotopic (exact) mass is 422 g/mol. The standard InChI is InChI=1S/C23H18O6S/c1-28-20(26)11-16(19-3-2-10-30-19)21-18(25)9-8-15-22(27)17(12-29-23(15)21)13-4-6-14(24)7-5-13/h2-10,12,16,24-25H,11H2,1H3. The van der Waals surface area contributed by atoms with E-state index in [1.54, 1.807) is 12.1 Å². The number of phenolic OH excluding ortho intramolecular Hbond substituents is 2. The van der Waals surface area contributed by atoms with E-state index in [0.29, 0.717) is 22.1 Å². The number of thiophene rings is 1. The minimum atomic E-state index is -0.524. The lowest BCUT2D eigenvalue weighted by Crippen LogP contribution is -2.12. The highest BCUT2D eigenvalue weighted by atomic mass is 32.1. The number of carbonyl (C=O) groups is 1. The maximum Gasteiger partial charge on any atom is 0.306 e. The lowest BCUT2D eigenvalue weighted by molar-refractivity contribution is -0.140. The fraction of sp³-hybridized carbons (Fsp3) is 0.130. The molecule has 0 saturated carbocycles. The van der Waals surface area contributed by atoms with Gasteiger partial charge < -0.3 is 19.4 Å². The number of ether oxygens (including phenoxy) is 1. The minimum absolute atomic E-state index is 0.00683. The third kappa shape index (κ3) is 3.55. The quantitative estimate of drug-likeness (QED) is 0.455. The summed E-state index contributed by atoms with van der Waals surface area (Å²) in [5, 5.41) is 22.3. The van der Waals surface area contributed by atoms with Crippen LogP contribution in [0.5, 0.6) is 11.5 Å². The second kappa shape index (κ2) is 8.04. The zero-order valence-corrected chi connectivity index (χ0v) is 16.8. The normalized spacial score (nSPS) is 12.0. The van der Waals surface area contributed by atoms with Crippen molar-refractivity contribution in [2.45, 2.75) is 12.3 Å². The number of rotatable bonds is 5. The van der Waals surface area contributed by atoms with Crippen molar-refractivity contribution in [2.24, 2.45) is 0 Å². The number of esters is 1. The van der Waals surface area contributed by atoms with Crippen LogP contribution in [0.4, 0.5) is 0 Å². The Bertz CT molecular complexity index is 1260. The molecule has 2 aromatic heterocycles. The minimum Gasteiger partial charge on any atom is -0.508 e. The van der Waals surface area contributed by atoms with E-state index in [9.17, 15) is 19.8 Å².